The van der Waals surface area contributed by atoms with Gasteiger partial charge in [-0.3, -0.25) is 14.4 Å². The van der Waals surface area contributed by atoms with Crippen LogP contribution in [0, 0.1) is 0 Å². The van der Waals surface area contributed by atoms with Gasteiger partial charge in [0.25, 0.3) is 5.91 Å². The van der Waals surface area contributed by atoms with E-state index >= 15 is 0 Å². The van der Waals surface area contributed by atoms with Crippen LogP contribution in [0.1, 0.15) is 18.1 Å². The maximum Gasteiger partial charge on any atom is 0.326 e. The van der Waals surface area contributed by atoms with Gasteiger partial charge in [0, 0.05) is 24.4 Å². The Morgan fingerprint density at radius 2 is 1.39 bits per heavy atom. The van der Waals surface area contributed by atoms with Gasteiger partial charge in [-0.1, -0.05) is 55.5 Å². The first-order chi connectivity index (χ1) is 16.0. The number of hydrogen-bond donors (Lipinski definition) is 0. The number of rotatable bonds is 7. The van der Waals surface area contributed by atoms with Crippen molar-refractivity contribution < 1.29 is 14.3 Å². The van der Waals surface area contributed by atoms with Gasteiger partial charge in [-0.25, -0.2) is 0 Å². The highest BCUT2D eigenvalue weighted by atomic mass is 16.5. The van der Waals surface area contributed by atoms with Crippen molar-refractivity contribution in [3.63, 3.8) is 0 Å². The molecule has 0 saturated carbocycles. The van der Waals surface area contributed by atoms with E-state index in [1.165, 1.54) is 5.56 Å². The molecule has 0 aliphatic rings. The maximum atomic E-state index is 12.8. The van der Waals surface area contributed by atoms with E-state index < -0.39 is 5.97 Å². The summed E-state index contributed by atoms with van der Waals surface area (Å²) >= 11 is 0. The molecule has 6 heteroatoms. The second-order valence-corrected chi connectivity index (χ2v) is 8.03. The number of aromatic nitrogens is 1. The van der Waals surface area contributed by atoms with Crippen molar-refractivity contribution in [3.05, 3.63) is 94.1 Å². The van der Waals surface area contributed by atoms with Crippen LogP contribution >= 0.6 is 0 Å². The summed E-state index contributed by atoms with van der Waals surface area (Å²) in [5.41, 5.74) is 3.48. The zero-order valence-corrected chi connectivity index (χ0v) is 18.8. The predicted molar refractivity (Wildman–Crippen MR) is 129 cm³/mol. The van der Waals surface area contributed by atoms with E-state index in [0.29, 0.717) is 28.4 Å². The van der Waals surface area contributed by atoms with Crippen LogP contribution in [-0.4, -0.2) is 35.0 Å². The molecule has 0 aliphatic carbocycles. The fraction of sp³-hybridized carbons (Fsp3) is 0.222. The van der Waals surface area contributed by atoms with Crippen molar-refractivity contribution in [1.29, 1.82) is 0 Å². The van der Waals surface area contributed by atoms with Crippen molar-refractivity contribution in [2.75, 3.05) is 13.7 Å². The number of aryl methyl sites for hydroxylation is 1. The van der Waals surface area contributed by atoms with E-state index in [0.717, 1.165) is 12.0 Å². The molecule has 0 radical (unpaired) electrons. The van der Waals surface area contributed by atoms with Gasteiger partial charge >= 0.3 is 5.97 Å². The first-order valence-electron chi connectivity index (χ1n) is 11.0. The summed E-state index contributed by atoms with van der Waals surface area (Å²) < 4.78 is 7.06. The normalized spacial score (nSPS) is 11.0. The number of benzene rings is 3. The number of nitrogens with zero attached hydrogens (tertiary/aromatic N) is 2. The van der Waals surface area contributed by atoms with E-state index in [2.05, 4.69) is 6.92 Å². The molecule has 6 nitrogen and oxygen atoms in total. The molecule has 0 aliphatic heterocycles. The van der Waals surface area contributed by atoms with Gasteiger partial charge in [0.05, 0.1) is 11.0 Å². The summed E-state index contributed by atoms with van der Waals surface area (Å²) in [6, 6.07) is 22.4. The molecule has 0 N–H and O–H groups in total. The largest absolute Gasteiger partial charge is 0.454 e. The molecule has 1 heterocycles. The van der Waals surface area contributed by atoms with Crippen molar-refractivity contribution in [2.24, 2.45) is 0 Å². The zero-order chi connectivity index (χ0) is 23.4. The standard InChI is InChI=1S/C27H26N2O4/c1-3-19-12-14-20(15-13-19)16-28(2)25(30)18-33-26(31)17-29-23-10-6-4-8-21(23)27(32)22-9-5-7-11-24(22)29/h4-15H,3,16-18H2,1-2H3. The van der Waals surface area contributed by atoms with E-state index in [4.69, 9.17) is 4.74 Å². The van der Waals surface area contributed by atoms with Gasteiger partial charge in [0.15, 0.2) is 12.0 Å². The van der Waals surface area contributed by atoms with Crippen molar-refractivity contribution in [2.45, 2.75) is 26.4 Å². The first-order valence-corrected chi connectivity index (χ1v) is 11.0. The van der Waals surface area contributed by atoms with Crippen LogP contribution in [0.25, 0.3) is 21.8 Å². The Hall–Kier alpha value is -3.93. The van der Waals surface area contributed by atoms with Gasteiger partial charge in [-0.2, -0.15) is 0 Å². The summed E-state index contributed by atoms with van der Waals surface area (Å²) in [6.07, 6.45) is 0.963. The number of carbonyl (C=O) groups excluding carboxylic acids is 2. The second kappa shape index (κ2) is 9.69. The van der Waals surface area contributed by atoms with Gasteiger partial charge < -0.3 is 14.2 Å². The third-order valence-corrected chi connectivity index (χ3v) is 5.80. The van der Waals surface area contributed by atoms with E-state index in [9.17, 15) is 14.4 Å². The fourth-order valence-electron chi connectivity index (χ4n) is 3.92. The molecule has 0 saturated heterocycles. The maximum absolute atomic E-state index is 12.8. The quantitative estimate of drug-likeness (QED) is 0.321. The molecule has 0 bridgehead atoms. The van der Waals surface area contributed by atoms with Crippen molar-refractivity contribution in [1.82, 2.24) is 9.47 Å². The van der Waals surface area contributed by atoms with Crippen LogP contribution in [0.2, 0.25) is 0 Å². The molecule has 3 aromatic carbocycles. The zero-order valence-electron chi connectivity index (χ0n) is 18.8. The molecule has 1 amide bonds. The summed E-state index contributed by atoms with van der Waals surface area (Å²) in [7, 11) is 1.69. The minimum Gasteiger partial charge on any atom is -0.454 e. The lowest BCUT2D eigenvalue weighted by atomic mass is 10.1. The Balaban J connectivity index is 1.46. The Bertz CT molecular complexity index is 1310. The summed E-state index contributed by atoms with van der Waals surface area (Å²) in [4.78, 5) is 39.5. The summed E-state index contributed by atoms with van der Waals surface area (Å²) in [5.74, 6) is -0.819. The Kier molecular flexibility index (Phi) is 6.54. The average Bonchev–Trinajstić information content (AvgIpc) is 2.85. The number of ether oxygens (including phenoxy) is 1. The summed E-state index contributed by atoms with van der Waals surface area (Å²) in [5, 5.41) is 1.07. The number of hydrogen-bond acceptors (Lipinski definition) is 4. The third-order valence-electron chi connectivity index (χ3n) is 5.80. The minimum absolute atomic E-state index is 0.0745. The van der Waals surface area contributed by atoms with E-state index in [1.54, 1.807) is 52.9 Å². The number of carbonyl (C=O) groups is 2. The van der Waals surface area contributed by atoms with Crippen molar-refractivity contribution >= 4 is 33.7 Å². The lowest BCUT2D eigenvalue weighted by molar-refractivity contribution is -0.152. The number of amides is 1. The van der Waals surface area contributed by atoms with Crippen LogP contribution < -0.4 is 5.43 Å². The highest BCUT2D eigenvalue weighted by Gasteiger charge is 2.16. The van der Waals surface area contributed by atoms with Gasteiger partial charge in [0.2, 0.25) is 0 Å². The molecule has 0 fully saturated rings. The van der Waals surface area contributed by atoms with Crippen LogP contribution in [0.4, 0.5) is 0 Å². The molecular formula is C27H26N2O4. The van der Waals surface area contributed by atoms with Crippen molar-refractivity contribution in [3.8, 4) is 0 Å². The Labute approximate surface area is 192 Å². The van der Waals surface area contributed by atoms with Gasteiger partial charge in [0.1, 0.15) is 6.54 Å². The minimum atomic E-state index is -0.539. The average molecular weight is 443 g/mol. The molecule has 0 spiro atoms. The first kappa shape index (κ1) is 22.3. The second-order valence-electron chi connectivity index (χ2n) is 8.03. The number of esters is 1. The predicted octanol–water partition coefficient (Wildman–Crippen LogP) is 3.92. The van der Waals surface area contributed by atoms with E-state index in [-0.39, 0.29) is 24.5 Å². The Morgan fingerprint density at radius 1 is 0.848 bits per heavy atom. The monoisotopic (exact) mass is 442 g/mol. The smallest absolute Gasteiger partial charge is 0.326 e. The summed E-state index contributed by atoms with van der Waals surface area (Å²) in [6.45, 7) is 2.10. The van der Waals surface area contributed by atoms with Crippen LogP contribution in [0.3, 0.4) is 0 Å². The molecule has 1 aromatic heterocycles. The molecule has 0 atom stereocenters. The van der Waals surface area contributed by atoms with Crippen LogP contribution in [0.15, 0.2) is 77.6 Å². The number of fused-ring (bicyclic) bond motifs is 2. The van der Waals surface area contributed by atoms with Gasteiger partial charge in [-0.15, -0.1) is 0 Å². The SMILES string of the molecule is CCc1ccc(CN(C)C(=O)COC(=O)Cn2c3ccccc3c(=O)c3ccccc32)cc1. The molecule has 0 unspecified atom stereocenters. The molecule has 168 valence electrons. The van der Waals surface area contributed by atoms with E-state index in [1.807, 2.05) is 36.4 Å². The highest BCUT2D eigenvalue weighted by Crippen LogP contribution is 2.19. The molecule has 4 rings (SSSR count). The number of para-hydroxylation sites is 2. The third kappa shape index (κ3) is 4.80. The lowest BCUT2D eigenvalue weighted by Crippen LogP contribution is -2.31. The van der Waals surface area contributed by atoms with Gasteiger partial charge in [-0.05, 0) is 41.8 Å². The molecular weight excluding hydrogens is 416 g/mol. The van der Waals surface area contributed by atoms with Crippen LogP contribution in [-0.2, 0) is 33.8 Å². The fourth-order valence-corrected chi connectivity index (χ4v) is 3.92. The van der Waals surface area contributed by atoms with Crippen LogP contribution in [0.5, 0.6) is 0 Å². The topological polar surface area (TPSA) is 68.6 Å². The Morgan fingerprint density at radius 3 is 1.97 bits per heavy atom. The lowest BCUT2D eigenvalue weighted by Gasteiger charge is -2.18. The number of pyridine rings is 1. The molecule has 4 aromatic rings. The molecule has 33 heavy (non-hydrogen) atoms. The number of likely N-dealkylation sites (N-methyl/N-ethyl adjacent to an activating group) is 1. The highest BCUT2D eigenvalue weighted by molar-refractivity contribution is 5.94.